The number of nitrogens with zero attached hydrogens (tertiary/aromatic N) is 1. The molecule has 0 bridgehead atoms. The van der Waals surface area contributed by atoms with Crippen LogP contribution in [-0.2, 0) is 4.79 Å². The van der Waals surface area contributed by atoms with Gasteiger partial charge in [-0.25, -0.2) is 9.82 Å². The summed E-state index contributed by atoms with van der Waals surface area (Å²) in [6, 6.07) is 14.0. The highest BCUT2D eigenvalue weighted by Crippen LogP contribution is 2.20. The highest BCUT2D eigenvalue weighted by atomic mass is 79.9. The molecule has 0 saturated heterocycles. The average Bonchev–Trinajstić information content (AvgIpc) is 2.52. The van der Waals surface area contributed by atoms with Crippen LogP contribution >= 0.6 is 27.7 Å². The fourth-order valence-electron chi connectivity index (χ4n) is 1.66. The normalized spacial score (nSPS) is 11.3. The van der Waals surface area contributed by atoms with Gasteiger partial charge in [-0.05, 0) is 36.8 Å². The third-order valence-corrected chi connectivity index (χ3v) is 4.33. The first-order valence-corrected chi connectivity index (χ1v) is 8.30. The molecule has 2 aromatic rings. The van der Waals surface area contributed by atoms with E-state index in [1.807, 2.05) is 31.2 Å². The molecule has 0 saturated carbocycles. The van der Waals surface area contributed by atoms with Gasteiger partial charge in [-0.15, -0.1) is 11.8 Å². The van der Waals surface area contributed by atoms with E-state index in [2.05, 4.69) is 26.5 Å². The van der Waals surface area contributed by atoms with E-state index >= 15 is 0 Å². The highest BCUT2D eigenvalue weighted by Gasteiger charge is 2.06. The third-order valence-electron chi connectivity index (χ3n) is 2.79. The molecule has 0 unspecified atom stereocenters. The number of benzene rings is 2. The Hall–Kier alpha value is -1.66. The Labute approximate surface area is 141 Å². The van der Waals surface area contributed by atoms with Crippen LogP contribution < -0.4 is 5.43 Å². The number of hydrogen-bond acceptors (Lipinski definition) is 3. The first kappa shape index (κ1) is 16.7. The van der Waals surface area contributed by atoms with E-state index in [4.69, 9.17) is 0 Å². The standard InChI is InChI=1S/C16H14BrFN2OS/c1-11(12-5-4-6-13(17)9-12)19-20-16(21)10-22-15-8-3-2-7-14(15)18/h2-9H,10H2,1H3,(H,20,21)/b19-11-. The summed E-state index contributed by atoms with van der Waals surface area (Å²) < 4.78 is 14.4. The molecular weight excluding hydrogens is 367 g/mol. The molecule has 0 fully saturated rings. The van der Waals surface area contributed by atoms with E-state index in [1.54, 1.807) is 18.2 Å². The number of thioether (sulfide) groups is 1. The van der Waals surface area contributed by atoms with Gasteiger partial charge in [0.1, 0.15) is 5.82 Å². The van der Waals surface area contributed by atoms with Gasteiger partial charge in [-0.3, -0.25) is 4.79 Å². The average molecular weight is 381 g/mol. The predicted molar refractivity (Wildman–Crippen MR) is 91.6 cm³/mol. The van der Waals surface area contributed by atoms with Gasteiger partial charge in [-0.1, -0.05) is 40.2 Å². The Morgan fingerprint density at radius 2 is 2.05 bits per heavy atom. The van der Waals surface area contributed by atoms with Crippen molar-refractivity contribution < 1.29 is 9.18 Å². The molecule has 2 rings (SSSR count). The van der Waals surface area contributed by atoms with Gasteiger partial charge in [-0.2, -0.15) is 5.10 Å². The van der Waals surface area contributed by atoms with E-state index < -0.39 is 0 Å². The van der Waals surface area contributed by atoms with Gasteiger partial charge in [0.05, 0.1) is 11.5 Å². The molecule has 3 nitrogen and oxygen atoms in total. The van der Waals surface area contributed by atoms with Gasteiger partial charge < -0.3 is 0 Å². The van der Waals surface area contributed by atoms with E-state index in [9.17, 15) is 9.18 Å². The molecule has 0 aliphatic carbocycles. The number of carbonyl (C=O) groups excluding carboxylic acids is 1. The van der Waals surface area contributed by atoms with Crippen molar-refractivity contribution in [3.05, 3.63) is 64.4 Å². The molecule has 0 atom stereocenters. The molecule has 1 N–H and O–H groups in total. The minimum atomic E-state index is -0.325. The van der Waals surface area contributed by atoms with Gasteiger partial charge in [0.25, 0.3) is 0 Å². The number of nitrogens with one attached hydrogen (secondary N) is 1. The highest BCUT2D eigenvalue weighted by molar-refractivity contribution is 9.10. The molecule has 114 valence electrons. The Bertz CT molecular complexity index is 706. The predicted octanol–water partition coefficient (Wildman–Crippen LogP) is 4.22. The van der Waals surface area contributed by atoms with Crippen LogP contribution in [0.4, 0.5) is 4.39 Å². The van der Waals surface area contributed by atoms with Crippen molar-refractivity contribution in [2.45, 2.75) is 11.8 Å². The minimum absolute atomic E-state index is 0.107. The largest absolute Gasteiger partial charge is 0.272 e. The number of rotatable bonds is 5. The lowest BCUT2D eigenvalue weighted by Gasteiger charge is -2.04. The second kappa shape index (κ2) is 8.10. The Balaban J connectivity index is 1.90. The molecule has 0 aromatic heterocycles. The summed E-state index contributed by atoms with van der Waals surface area (Å²) in [5.74, 6) is -0.493. The summed E-state index contributed by atoms with van der Waals surface area (Å²) in [5.41, 5.74) is 4.09. The molecule has 0 aliphatic rings. The van der Waals surface area contributed by atoms with Crippen molar-refractivity contribution in [2.75, 3.05) is 5.75 Å². The lowest BCUT2D eigenvalue weighted by molar-refractivity contribution is -0.118. The maximum Gasteiger partial charge on any atom is 0.250 e. The fourth-order valence-corrected chi connectivity index (χ4v) is 2.79. The number of carbonyl (C=O) groups is 1. The molecule has 0 heterocycles. The molecule has 0 spiro atoms. The Morgan fingerprint density at radius 3 is 2.77 bits per heavy atom. The summed E-state index contributed by atoms with van der Waals surface area (Å²) in [6.45, 7) is 1.81. The van der Waals surface area contributed by atoms with Gasteiger partial charge >= 0.3 is 0 Å². The number of halogens is 2. The lowest BCUT2D eigenvalue weighted by Crippen LogP contribution is -2.21. The van der Waals surface area contributed by atoms with Gasteiger partial charge in [0.15, 0.2) is 0 Å². The van der Waals surface area contributed by atoms with E-state index in [0.29, 0.717) is 10.6 Å². The monoisotopic (exact) mass is 380 g/mol. The molecule has 0 aliphatic heterocycles. The maximum absolute atomic E-state index is 13.4. The summed E-state index contributed by atoms with van der Waals surface area (Å²) >= 11 is 4.53. The minimum Gasteiger partial charge on any atom is -0.272 e. The molecule has 2 aromatic carbocycles. The van der Waals surface area contributed by atoms with Crippen LogP contribution in [0.15, 0.2) is 63.0 Å². The maximum atomic E-state index is 13.4. The summed E-state index contributed by atoms with van der Waals surface area (Å²) in [6.07, 6.45) is 0. The second-order valence-corrected chi connectivity index (χ2v) is 6.39. The zero-order valence-electron chi connectivity index (χ0n) is 11.8. The van der Waals surface area contributed by atoms with E-state index in [0.717, 1.165) is 21.8 Å². The summed E-state index contributed by atoms with van der Waals surface area (Å²) in [4.78, 5) is 12.2. The molecule has 6 heteroatoms. The van der Waals surface area contributed by atoms with Crippen LogP contribution in [0.3, 0.4) is 0 Å². The SMILES string of the molecule is C/C(=N/NC(=O)CSc1ccccc1F)c1cccc(Br)c1. The summed E-state index contributed by atoms with van der Waals surface area (Å²) in [7, 11) is 0. The topological polar surface area (TPSA) is 41.5 Å². The zero-order chi connectivity index (χ0) is 15.9. The molecule has 0 radical (unpaired) electrons. The van der Waals surface area contributed by atoms with Crippen molar-refractivity contribution >= 4 is 39.3 Å². The number of amides is 1. The van der Waals surface area contributed by atoms with Crippen molar-refractivity contribution in [3.8, 4) is 0 Å². The van der Waals surface area contributed by atoms with Crippen LogP contribution in [0.25, 0.3) is 0 Å². The summed E-state index contributed by atoms with van der Waals surface area (Å²) in [5, 5.41) is 4.06. The van der Waals surface area contributed by atoms with Crippen LogP contribution in [0.1, 0.15) is 12.5 Å². The second-order valence-electron chi connectivity index (χ2n) is 4.46. The van der Waals surface area contributed by atoms with Crippen molar-refractivity contribution in [1.29, 1.82) is 0 Å². The van der Waals surface area contributed by atoms with Crippen LogP contribution in [-0.4, -0.2) is 17.4 Å². The molecule has 1 amide bonds. The zero-order valence-corrected chi connectivity index (χ0v) is 14.2. The fraction of sp³-hybridized carbons (Fsp3) is 0.125. The van der Waals surface area contributed by atoms with E-state index in [1.165, 1.54) is 6.07 Å². The third kappa shape index (κ3) is 4.96. The first-order valence-electron chi connectivity index (χ1n) is 6.52. The number of hydrazone groups is 1. The quantitative estimate of drug-likeness (QED) is 0.479. The molecule has 22 heavy (non-hydrogen) atoms. The smallest absolute Gasteiger partial charge is 0.250 e. The van der Waals surface area contributed by atoms with Crippen molar-refractivity contribution in [2.24, 2.45) is 5.10 Å². The van der Waals surface area contributed by atoms with E-state index in [-0.39, 0.29) is 17.5 Å². The first-order chi connectivity index (χ1) is 10.6. The Morgan fingerprint density at radius 1 is 1.27 bits per heavy atom. The molecular formula is C16H14BrFN2OS. The lowest BCUT2D eigenvalue weighted by atomic mass is 10.1. The van der Waals surface area contributed by atoms with Gasteiger partial charge in [0.2, 0.25) is 5.91 Å². The van der Waals surface area contributed by atoms with Crippen molar-refractivity contribution in [3.63, 3.8) is 0 Å². The van der Waals surface area contributed by atoms with Crippen LogP contribution in [0, 0.1) is 5.82 Å². The Kier molecular flexibility index (Phi) is 6.15. The van der Waals surface area contributed by atoms with Crippen molar-refractivity contribution in [1.82, 2.24) is 5.43 Å². The van der Waals surface area contributed by atoms with Crippen LogP contribution in [0.5, 0.6) is 0 Å². The van der Waals surface area contributed by atoms with Gasteiger partial charge in [0, 0.05) is 9.37 Å². The number of hydrogen-bond donors (Lipinski definition) is 1. The van der Waals surface area contributed by atoms with Crippen LogP contribution in [0.2, 0.25) is 0 Å².